The van der Waals surface area contributed by atoms with Crippen LogP contribution in [-0.4, -0.2) is 89.7 Å². The molecule has 18 rings (SSSR count). The van der Waals surface area contributed by atoms with Gasteiger partial charge in [0.2, 0.25) is 0 Å². The fraction of sp³-hybridized carbons (Fsp3) is 0.118. The molecule has 18 nitrogen and oxygen atoms in total. The van der Waals surface area contributed by atoms with E-state index in [4.69, 9.17) is 0 Å². The Kier molecular flexibility index (Phi) is 41.0. The van der Waals surface area contributed by atoms with E-state index in [1.54, 1.807) is 37.2 Å². The summed E-state index contributed by atoms with van der Waals surface area (Å²) in [4.78, 5) is 76.6. The van der Waals surface area contributed by atoms with Crippen molar-refractivity contribution in [3.63, 3.8) is 0 Å². The van der Waals surface area contributed by atoms with Crippen LogP contribution in [0, 0.1) is 83.1 Å². The Morgan fingerprint density at radius 2 is 0.195 bits per heavy atom. The maximum Gasteiger partial charge on any atom is 0.0888 e. The van der Waals surface area contributed by atoms with Crippen LogP contribution in [-0.2, 0) is 50.3 Å². The molecule has 0 atom stereocenters. The topological polar surface area (TPSA) is 232 Å². The second kappa shape index (κ2) is 52.3. The van der Waals surface area contributed by atoms with Crippen LogP contribution in [0.15, 0.2) is 366 Å². The van der Waals surface area contributed by atoms with Crippen molar-refractivity contribution in [1.29, 1.82) is 0 Å². The number of hydrogen-bond acceptors (Lipinski definition) is 18. The minimum Gasteiger partial charge on any atom is -0.255 e. The summed E-state index contributed by atoms with van der Waals surface area (Å²) in [7, 11) is 0. The summed E-state index contributed by atoms with van der Waals surface area (Å²) in [5, 5.41) is 0. The van der Waals surface area contributed by atoms with Gasteiger partial charge in [-0.2, -0.15) is 0 Å². The molecule has 21 heteroatoms. The molecule has 18 aromatic rings. The van der Waals surface area contributed by atoms with Gasteiger partial charge in [-0.3, -0.25) is 89.7 Å². The molecule has 0 spiro atoms. The summed E-state index contributed by atoms with van der Waals surface area (Å²) in [6.07, 6.45) is 32.4. The first-order chi connectivity index (χ1) is 58.4. The van der Waals surface area contributed by atoms with Crippen molar-refractivity contribution in [1.82, 2.24) is 89.7 Å². The summed E-state index contributed by atoms with van der Waals surface area (Å²) in [6.45, 7) is 24.7. The van der Waals surface area contributed by atoms with E-state index in [1.807, 2.05) is 329 Å². The summed E-state index contributed by atoms with van der Waals surface area (Å²) in [5.74, 6) is 0. The Morgan fingerprint density at radius 1 is 0.106 bits per heavy atom. The van der Waals surface area contributed by atoms with Gasteiger partial charge in [-0.05, 0) is 368 Å². The van der Waals surface area contributed by atoms with Crippen molar-refractivity contribution >= 4 is 0 Å². The monoisotopic (exact) mass is 1750 g/mol. The number of aromatic nitrogens is 18. The molecule has 18 heterocycles. The molecule has 0 bridgehead atoms. The van der Waals surface area contributed by atoms with Gasteiger partial charge in [0.05, 0.1) is 102 Å². The summed E-state index contributed by atoms with van der Waals surface area (Å²) in [6, 6.07) is 83.1. The van der Waals surface area contributed by atoms with Crippen molar-refractivity contribution in [2.24, 2.45) is 0 Å². The quantitative estimate of drug-likeness (QED) is 0.131. The van der Waals surface area contributed by atoms with Crippen molar-refractivity contribution < 1.29 is 50.3 Å². The normalized spacial score (nSPS) is 9.76. The maximum absolute atomic E-state index is 4.29. The molecule has 0 aliphatic carbocycles. The van der Waals surface area contributed by atoms with Crippen LogP contribution in [0.1, 0.15) is 66.8 Å². The molecule has 123 heavy (non-hydrogen) atoms. The number of pyridine rings is 18. The van der Waals surface area contributed by atoms with Crippen molar-refractivity contribution in [3.05, 3.63) is 433 Å². The predicted octanol–water partition coefficient (Wildman–Crippen LogP) is 23.0. The zero-order chi connectivity index (χ0) is 84.5. The van der Waals surface area contributed by atoms with E-state index in [0.717, 1.165) is 102 Å². The third-order valence-electron chi connectivity index (χ3n) is 17.3. The first kappa shape index (κ1) is 96.4. The molecule has 18 aromatic heterocycles. The van der Waals surface area contributed by atoms with Crippen molar-refractivity contribution in [3.8, 4) is 102 Å². The molecule has 621 valence electrons. The van der Waals surface area contributed by atoms with E-state index in [2.05, 4.69) is 173 Å². The number of nitrogens with zero attached hydrogens (tertiary/aromatic N) is 18. The molecular formula is C102H96Co3N18. The van der Waals surface area contributed by atoms with E-state index in [9.17, 15) is 0 Å². The molecule has 0 unspecified atom stereocenters. The van der Waals surface area contributed by atoms with E-state index in [-0.39, 0.29) is 50.3 Å². The number of hydrogen-bond donors (Lipinski definition) is 0. The first-order valence-corrected chi connectivity index (χ1v) is 39.0. The molecular weight excluding hydrogens is 1650 g/mol. The van der Waals surface area contributed by atoms with Gasteiger partial charge in [0.1, 0.15) is 0 Å². The molecule has 0 aromatic carbocycles. The Labute approximate surface area is 753 Å². The fourth-order valence-electron chi connectivity index (χ4n) is 11.2. The largest absolute Gasteiger partial charge is 0.255 e. The predicted molar refractivity (Wildman–Crippen MR) is 484 cm³/mol. The third-order valence-corrected chi connectivity index (χ3v) is 17.3. The van der Waals surface area contributed by atoms with Crippen molar-refractivity contribution in [2.75, 3.05) is 0 Å². The molecule has 0 aliphatic heterocycles. The molecule has 0 N–H and O–H groups in total. The molecule has 0 amide bonds. The van der Waals surface area contributed by atoms with Gasteiger partial charge >= 0.3 is 0 Å². The zero-order valence-electron chi connectivity index (χ0n) is 70.7. The Balaban J connectivity index is 0.000000190. The molecule has 0 saturated carbocycles. The van der Waals surface area contributed by atoms with Gasteiger partial charge in [-0.15, -0.1) is 0 Å². The van der Waals surface area contributed by atoms with Gasteiger partial charge in [0, 0.05) is 162 Å². The van der Waals surface area contributed by atoms with E-state index >= 15 is 0 Å². The van der Waals surface area contributed by atoms with Gasteiger partial charge in [-0.1, -0.05) is 36.4 Å². The number of aryl methyl sites for hydroxylation is 12. The van der Waals surface area contributed by atoms with Gasteiger partial charge in [0.15, 0.2) is 0 Å². The Bertz CT molecular complexity index is 4890. The Hall–Kier alpha value is -13.8. The molecule has 3 radical (unpaired) electrons. The van der Waals surface area contributed by atoms with Crippen LogP contribution in [0.3, 0.4) is 0 Å². The average molecular weight is 1750 g/mol. The second-order valence-corrected chi connectivity index (χ2v) is 27.9. The maximum atomic E-state index is 4.29. The Morgan fingerprint density at radius 3 is 0.268 bits per heavy atom. The van der Waals surface area contributed by atoms with Crippen LogP contribution in [0.2, 0.25) is 0 Å². The minimum atomic E-state index is 0. The zero-order valence-corrected chi connectivity index (χ0v) is 73.8. The molecule has 0 fully saturated rings. The fourth-order valence-corrected chi connectivity index (χ4v) is 11.2. The summed E-state index contributed by atoms with van der Waals surface area (Å²) >= 11 is 0. The van der Waals surface area contributed by atoms with Gasteiger partial charge < -0.3 is 0 Å². The van der Waals surface area contributed by atoms with Gasteiger partial charge in [-0.25, -0.2) is 0 Å². The molecule has 0 aliphatic rings. The van der Waals surface area contributed by atoms with Crippen LogP contribution < -0.4 is 0 Å². The van der Waals surface area contributed by atoms with E-state index in [0.29, 0.717) is 0 Å². The second-order valence-electron chi connectivity index (χ2n) is 27.9. The SMILES string of the molecule is Cc1ccnc(-c2cc(C)ccn2)c1.Cc1ccnc(-c2cc(C)ccn2)c1.Cc1ccnc(-c2cc(C)ccn2)c1.Cc1ccnc(-c2cc(C)ccn2)c1.Cc1ccnc(-c2cc(C)ccn2)c1.Cc1ccnc(-c2cc(C)ccn2)c1.[Co].[Co].[Co].c1ccc(-c2ccccn2)nc1.c1ccc(-c2ccccn2)nc1.c1ccc(-c2ccccn2)nc1. The van der Waals surface area contributed by atoms with Crippen LogP contribution in [0.4, 0.5) is 0 Å². The van der Waals surface area contributed by atoms with Crippen LogP contribution >= 0.6 is 0 Å². The summed E-state index contributed by atoms with van der Waals surface area (Å²) in [5.41, 5.74) is 31.2. The standard InChI is InChI=1S/6C12H12N2.3C10H8N2.3Co/c6*1-9-3-5-13-11(7-9)12-8-10(2)4-6-14-12;3*1-3-7-11-9(5-1)10-6-2-4-8-12-10;;;/h6*3-8H,1-2H3;3*1-8H;;;. The van der Waals surface area contributed by atoms with Gasteiger partial charge in [0.25, 0.3) is 0 Å². The van der Waals surface area contributed by atoms with E-state index in [1.165, 1.54) is 66.8 Å². The molecule has 0 saturated heterocycles. The van der Waals surface area contributed by atoms with Crippen LogP contribution in [0.25, 0.3) is 102 Å². The minimum absolute atomic E-state index is 0. The van der Waals surface area contributed by atoms with E-state index < -0.39 is 0 Å². The van der Waals surface area contributed by atoms with Crippen LogP contribution in [0.5, 0.6) is 0 Å². The third kappa shape index (κ3) is 33.7. The van der Waals surface area contributed by atoms with Crippen molar-refractivity contribution in [2.45, 2.75) is 83.1 Å². The number of rotatable bonds is 9. The smallest absolute Gasteiger partial charge is 0.0888 e. The first-order valence-electron chi connectivity index (χ1n) is 39.0. The summed E-state index contributed by atoms with van der Waals surface area (Å²) < 4.78 is 0. The average Bonchev–Trinajstić information content (AvgIpc) is 0.865.